The summed E-state index contributed by atoms with van der Waals surface area (Å²) in [5.74, 6) is 1.06. The summed E-state index contributed by atoms with van der Waals surface area (Å²) in [6.45, 7) is 1.24. The van der Waals surface area contributed by atoms with Crippen LogP contribution >= 0.6 is 12.4 Å². The van der Waals surface area contributed by atoms with Gasteiger partial charge in [0, 0.05) is 6.04 Å². The zero-order valence-electron chi connectivity index (χ0n) is 12.5. The van der Waals surface area contributed by atoms with Gasteiger partial charge in [0.15, 0.2) is 0 Å². The van der Waals surface area contributed by atoms with Crippen molar-refractivity contribution in [3.05, 3.63) is 23.8 Å². The van der Waals surface area contributed by atoms with E-state index >= 15 is 0 Å². The fourth-order valence-electron chi connectivity index (χ4n) is 3.25. The van der Waals surface area contributed by atoms with Crippen molar-refractivity contribution in [3.8, 4) is 5.75 Å². The van der Waals surface area contributed by atoms with E-state index in [9.17, 15) is 8.42 Å². The highest BCUT2D eigenvalue weighted by atomic mass is 35.5. The van der Waals surface area contributed by atoms with Crippen molar-refractivity contribution in [3.63, 3.8) is 0 Å². The molecule has 1 aliphatic heterocycles. The average molecular weight is 347 g/mol. The Hall–Kier alpha value is -0.820. The quantitative estimate of drug-likeness (QED) is 0.871. The average Bonchev–Trinajstić information content (AvgIpc) is 2.93. The zero-order chi connectivity index (χ0) is 14.9. The standard InChI is InChI=1S/C15H22N2O3S.ClH/c16-10-12-3-1-5-14(12)17-21(18,19)13-6-7-15-11(9-13)4-2-8-20-15;/h6-7,9,12,14,17H,1-5,8,10,16H2;1H. The number of aryl methyl sites for hydroxylation is 1. The Morgan fingerprint density at radius 1 is 1.27 bits per heavy atom. The molecule has 0 bridgehead atoms. The summed E-state index contributed by atoms with van der Waals surface area (Å²) in [6.07, 6.45) is 4.71. The van der Waals surface area contributed by atoms with E-state index in [-0.39, 0.29) is 24.4 Å². The van der Waals surface area contributed by atoms with Gasteiger partial charge in [-0.25, -0.2) is 13.1 Å². The van der Waals surface area contributed by atoms with Crippen LogP contribution < -0.4 is 15.2 Å². The molecule has 1 fully saturated rings. The number of ether oxygens (including phenoxy) is 1. The molecule has 0 radical (unpaired) electrons. The predicted octanol–water partition coefficient (Wildman–Crippen LogP) is 1.84. The lowest BCUT2D eigenvalue weighted by Crippen LogP contribution is -2.39. The molecule has 2 aliphatic rings. The van der Waals surface area contributed by atoms with E-state index in [0.29, 0.717) is 18.0 Å². The first-order chi connectivity index (χ1) is 10.1. The molecule has 7 heteroatoms. The van der Waals surface area contributed by atoms with Gasteiger partial charge < -0.3 is 10.5 Å². The number of halogens is 1. The Morgan fingerprint density at radius 2 is 2.09 bits per heavy atom. The fraction of sp³-hybridized carbons (Fsp3) is 0.600. The summed E-state index contributed by atoms with van der Waals surface area (Å²) in [7, 11) is -3.48. The van der Waals surface area contributed by atoms with Crippen LogP contribution in [0.15, 0.2) is 23.1 Å². The molecule has 2 atom stereocenters. The first kappa shape index (κ1) is 17.5. The number of nitrogens with two attached hydrogens (primary N) is 1. The Labute approximate surface area is 138 Å². The fourth-order valence-corrected chi connectivity index (χ4v) is 4.63. The summed E-state index contributed by atoms with van der Waals surface area (Å²) >= 11 is 0. The smallest absolute Gasteiger partial charge is 0.240 e. The predicted molar refractivity (Wildman–Crippen MR) is 88.0 cm³/mol. The normalized spacial score (nSPS) is 24.2. The lowest BCUT2D eigenvalue weighted by atomic mass is 10.1. The number of fused-ring (bicyclic) bond motifs is 1. The number of hydrogen-bond acceptors (Lipinski definition) is 4. The van der Waals surface area contributed by atoms with Crippen LogP contribution in [0.5, 0.6) is 5.75 Å². The lowest BCUT2D eigenvalue weighted by molar-refractivity contribution is 0.288. The Bertz CT molecular complexity index is 621. The minimum atomic E-state index is -3.48. The molecule has 3 N–H and O–H groups in total. The highest BCUT2D eigenvalue weighted by Gasteiger charge is 2.30. The molecule has 0 saturated heterocycles. The van der Waals surface area contributed by atoms with Crippen LogP contribution in [0.4, 0.5) is 0 Å². The van der Waals surface area contributed by atoms with Crippen LogP contribution in [-0.2, 0) is 16.4 Å². The largest absolute Gasteiger partial charge is 0.493 e. The highest BCUT2D eigenvalue weighted by Crippen LogP contribution is 2.29. The molecule has 22 heavy (non-hydrogen) atoms. The Morgan fingerprint density at radius 3 is 2.86 bits per heavy atom. The minimum Gasteiger partial charge on any atom is -0.493 e. The molecule has 1 aromatic carbocycles. The van der Waals surface area contributed by atoms with E-state index in [1.165, 1.54) is 0 Å². The molecule has 1 aliphatic carbocycles. The van der Waals surface area contributed by atoms with Gasteiger partial charge in [-0.3, -0.25) is 0 Å². The summed E-state index contributed by atoms with van der Waals surface area (Å²) in [5, 5.41) is 0. The van der Waals surface area contributed by atoms with Crippen molar-refractivity contribution < 1.29 is 13.2 Å². The van der Waals surface area contributed by atoms with Crippen LogP contribution in [0.1, 0.15) is 31.2 Å². The van der Waals surface area contributed by atoms with Crippen LogP contribution in [0.2, 0.25) is 0 Å². The van der Waals surface area contributed by atoms with Crippen molar-refractivity contribution >= 4 is 22.4 Å². The third kappa shape index (κ3) is 3.56. The number of hydrogen-bond donors (Lipinski definition) is 2. The summed E-state index contributed by atoms with van der Waals surface area (Å²) in [4.78, 5) is 0.328. The van der Waals surface area contributed by atoms with Gasteiger partial charge in [-0.05, 0) is 61.9 Å². The second-order valence-corrected chi connectivity index (χ2v) is 7.59. The van der Waals surface area contributed by atoms with Crippen molar-refractivity contribution in [1.29, 1.82) is 0 Å². The second-order valence-electron chi connectivity index (χ2n) is 5.88. The molecule has 1 aromatic rings. The molecule has 5 nitrogen and oxygen atoms in total. The van der Waals surface area contributed by atoms with Crippen molar-refractivity contribution in [2.24, 2.45) is 11.7 Å². The molecule has 0 amide bonds. The Kier molecular flexibility index (Phi) is 5.71. The topological polar surface area (TPSA) is 81.4 Å². The van der Waals surface area contributed by atoms with Crippen LogP contribution in [0.3, 0.4) is 0 Å². The van der Waals surface area contributed by atoms with Crippen LogP contribution in [0.25, 0.3) is 0 Å². The van der Waals surface area contributed by atoms with Crippen molar-refractivity contribution in [2.75, 3.05) is 13.2 Å². The van der Waals surface area contributed by atoms with Gasteiger partial charge >= 0.3 is 0 Å². The number of sulfonamides is 1. The van der Waals surface area contributed by atoms with E-state index in [2.05, 4.69) is 4.72 Å². The summed E-state index contributed by atoms with van der Waals surface area (Å²) in [6, 6.07) is 5.09. The molecule has 124 valence electrons. The molecular weight excluding hydrogens is 324 g/mol. The van der Waals surface area contributed by atoms with E-state index in [4.69, 9.17) is 10.5 Å². The monoisotopic (exact) mass is 346 g/mol. The molecule has 3 rings (SSSR count). The third-order valence-corrected chi connectivity index (χ3v) is 5.95. The third-order valence-electron chi connectivity index (χ3n) is 4.46. The van der Waals surface area contributed by atoms with E-state index in [0.717, 1.165) is 43.4 Å². The number of rotatable bonds is 4. The van der Waals surface area contributed by atoms with Crippen LogP contribution in [-0.4, -0.2) is 27.6 Å². The van der Waals surface area contributed by atoms with Crippen molar-refractivity contribution in [1.82, 2.24) is 4.72 Å². The maximum Gasteiger partial charge on any atom is 0.240 e. The van der Waals surface area contributed by atoms with Gasteiger partial charge in [-0.1, -0.05) is 6.42 Å². The second kappa shape index (κ2) is 7.17. The Balaban J connectivity index is 0.00000176. The highest BCUT2D eigenvalue weighted by molar-refractivity contribution is 7.89. The number of benzene rings is 1. The first-order valence-corrected chi connectivity index (χ1v) is 9.06. The van der Waals surface area contributed by atoms with Gasteiger partial charge in [-0.2, -0.15) is 0 Å². The van der Waals surface area contributed by atoms with Gasteiger partial charge in [0.2, 0.25) is 10.0 Å². The van der Waals surface area contributed by atoms with Gasteiger partial charge in [-0.15, -0.1) is 12.4 Å². The molecule has 0 spiro atoms. The lowest BCUT2D eigenvalue weighted by Gasteiger charge is -2.21. The molecule has 1 heterocycles. The summed E-state index contributed by atoms with van der Waals surface area (Å²) < 4.78 is 33.4. The zero-order valence-corrected chi connectivity index (χ0v) is 14.1. The molecule has 2 unspecified atom stereocenters. The molecular formula is C15H23ClN2O3S. The molecule has 1 saturated carbocycles. The van der Waals surface area contributed by atoms with Gasteiger partial charge in [0.1, 0.15) is 5.75 Å². The van der Waals surface area contributed by atoms with Crippen molar-refractivity contribution in [2.45, 2.75) is 43.0 Å². The van der Waals surface area contributed by atoms with Gasteiger partial charge in [0.05, 0.1) is 11.5 Å². The maximum atomic E-state index is 12.5. The van der Waals surface area contributed by atoms with E-state index in [1.54, 1.807) is 18.2 Å². The van der Waals surface area contributed by atoms with E-state index < -0.39 is 10.0 Å². The first-order valence-electron chi connectivity index (χ1n) is 7.58. The summed E-state index contributed by atoms with van der Waals surface area (Å²) in [5.41, 5.74) is 6.70. The number of nitrogens with one attached hydrogen (secondary N) is 1. The minimum absolute atomic E-state index is 0. The van der Waals surface area contributed by atoms with E-state index in [1.807, 2.05) is 0 Å². The van der Waals surface area contributed by atoms with Gasteiger partial charge in [0.25, 0.3) is 0 Å². The molecule has 0 aromatic heterocycles. The SMILES string of the molecule is Cl.NCC1CCCC1NS(=O)(=O)c1ccc2c(c1)CCCO2. The van der Waals surface area contributed by atoms with Crippen LogP contribution in [0, 0.1) is 5.92 Å². The maximum absolute atomic E-state index is 12.5.